The number of aryl methyl sites for hydroxylation is 1. The lowest BCUT2D eigenvalue weighted by molar-refractivity contribution is 0.181. The molecule has 1 fully saturated rings. The highest BCUT2D eigenvalue weighted by Gasteiger charge is 2.38. The van der Waals surface area contributed by atoms with Gasteiger partial charge in [-0.25, -0.2) is 8.42 Å². The Labute approximate surface area is 143 Å². The Morgan fingerprint density at radius 3 is 2.33 bits per heavy atom. The van der Waals surface area contributed by atoms with Crippen LogP contribution in [-0.2, 0) is 16.3 Å². The number of sulfone groups is 1. The lowest BCUT2D eigenvalue weighted by Gasteiger charge is -2.38. The van der Waals surface area contributed by atoms with Crippen molar-refractivity contribution in [1.29, 1.82) is 0 Å². The lowest BCUT2D eigenvalue weighted by Crippen LogP contribution is -2.54. The van der Waals surface area contributed by atoms with Gasteiger partial charge in [0.05, 0.1) is 5.25 Å². The smallest absolute Gasteiger partial charge is 0.187 e. The topological polar surface area (TPSA) is 57.6 Å². The molecule has 1 aliphatic rings. The van der Waals surface area contributed by atoms with Crippen molar-refractivity contribution in [1.82, 2.24) is 4.90 Å². The van der Waals surface area contributed by atoms with Gasteiger partial charge >= 0.3 is 0 Å². The molecule has 0 radical (unpaired) electrons. The summed E-state index contributed by atoms with van der Waals surface area (Å²) in [6.07, 6.45) is 3.24. The number of rotatable bonds is 7. The lowest BCUT2D eigenvalue weighted by atomic mass is 10.1. The van der Waals surface area contributed by atoms with Crippen molar-refractivity contribution in [3.8, 4) is 5.75 Å². The van der Waals surface area contributed by atoms with Crippen molar-refractivity contribution >= 4 is 9.84 Å². The predicted octanol–water partition coefficient (Wildman–Crippen LogP) is 2.87. The van der Waals surface area contributed by atoms with Crippen LogP contribution in [0, 0.1) is 0 Å². The molecular formula is C19H23NO3S. The van der Waals surface area contributed by atoms with Gasteiger partial charge < -0.3 is 10.0 Å². The fraction of sp³-hybridized carbons (Fsp3) is 0.368. The van der Waals surface area contributed by atoms with Gasteiger partial charge in [-0.05, 0) is 43.5 Å². The van der Waals surface area contributed by atoms with Crippen molar-refractivity contribution in [2.45, 2.75) is 29.4 Å². The molecule has 0 aliphatic carbocycles. The van der Waals surface area contributed by atoms with Gasteiger partial charge in [-0.15, -0.1) is 0 Å². The zero-order valence-corrected chi connectivity index (χ0v) is 14.5. The van der Waals surface area contributed by atoms with Crippen LogP contribution in [0.4, 0.5) is 0 Å². The highest BCUT2D eigenvalue weighted by atomic mass is 32.2. The molecule has 0 saturated carbocycles. The molecule has 2 aromatic carbocycles. The number of benzene rings is 2. The largest absolute Gasteiger partial charge is 0.507 e. The second kappa shape index (κ2) is 7.36. The first-order valence-corrected chi connectivity index (χ1v) is 9.90. The van der Waals surface area contributed by atoms with E-state index in [4.69, 9.17) is 0 Å². The van der Waals surface area contributed by atoms with E-state index in [0.29, 0.717) is 13.1 Å². The van der Waals surface area contributed by atoms with Crippen molar-refractivity contribution in [2.75, 3.05) is 19.6 Å². The number of hydrogen-bond donors (Lipinski definition) is 1. The van der Waals surface area contributed by atoms with Crippen LogP contribution >= 0.6 is 0 Å². The summed E-state index contributed by atoms with van der Waals surface area (Å²) in [7, 11) is -3.43. The average Bonchev–Trinajstić information content (AvgIpc) is 2.54. The van der Waals surface area contributed by atoms with E-state index in [0.717, 1.165) is 25.8 Å². The van der Waals surface area contributed by atoms with Gasteiger partial charge in [0, 0.05) is 13.1 Å². The number of likely N-dealkylation sites (tertiary alicyclic amines) is 1. The SMILES string of the molecule is O=S(=O)(c1ccccc1O)C1CN(CCCCc2ccccc2)C1. The maximum Gasteiger partial charge on any atom is 0.187 e. The van der Waals surface area contributed by atoms with Crippen LogP contribution in [-0.4, -0.2) is 43.3 Å². The third-order valence-electron chi connectivity index (χ3n) is 4.57. The zero-order valence-electron chi connectivity index (χ0n) is 13.6. The third-order valence-corrected chi connectivity index (χ3v) is 6.70. The molecule has 1 aliphatic heterocycles. The summed E-state index contributed by atoms with van der Waals surface area (Å²) in [6, 6.07) is 16.6. The van der Waals surface area contributed by atoms with E-state index in [-0.39, 0.29) is 10.6 Å². The molecule has 0 aromatic heterocycles. The van der Waals surface area contributed by atoms with Crippen molar-refractivity contribution in [3.05, 3.63) is 60.2 Å². The number of hydrogen-bond acceptors (Lipinski definition) is 4. The van der Waals surface area contributed by atoms with E-state index in [1.807, 2.05) is 6.07 Å². The Balaban J connectivity index is 1.43. The Kier molecular flexibility index (Phi) is 5.21. The molecule has 0 amide bonds. The van der Waals surface area contributed by atoms with Crippen LogP contribution in [0.25, 0.3) is 0 Å². The molecule has 2 aromatic rings. The molecular weight excluding hydrogens is 322 g/mol. The standard InChI is InChI=1S/C19H23NO3S/c21-18-11-4-5-12-19(18)24(22,23)17-14-20(15-17)13-7-6-10-16-8-2-1-3-9-16/h1-5,8-9,11-12,17,21H,6-7,10,13-15H2. The van der Waals surface area contributed by atoms with Gasteiger partial charge in [0.25, 0.3) is 0 Å². The first kappa shape index (κ1) is 17.0. The van der Waals surface area contributed by atoms with E-state index in [2.05, 4.69) is 29.2 Å². The molecule has 1 saturated heterocycles. The van der Waals surface area contributed by atoms with Gasteiger partial charge in [-0.1, -0.05) is 42.5 Å². The fourth-order valence-corrected chi connectivity index (χ4v) is 4.89. The summed E-state index contributed by atoms with van der Waals surface area (Å²) in [5, 5.41) is 9.37. The number of unbranched alkanes of at least 4 members (excludes halogenated alkanes) is 1. The Morgan fingerprint density at radius 1 is 0.958 bits per heavy atom. The summed E-state index contributed by atoms with van der Waals surface area (Å²) >= 11 is 0. The van der Waals surface area contributed by atoms with Gasteiger partial charge in [0.15, 0.2) is 9.84 Å². The molecule has 128 valence electrons. The van der Waals surface area contributed by atoms with Crippen LogP contribution in [0.2, 0.25) is 0 Å². The molecule has 1 N–H and O–H groups in total. The molecule has 5 heteroatoms. The normalized spacial score (nSPS) is 16.0. The Morgan fingerprint density at radius 2 is 1.62 bits per heavy atom. The summed E-state index contributed by atoms with van der Waals surface area (Å²) < 4.78 is 25.0. The van der Waals surface area contributed by atoms with Crippen molar-refractivity contribution < 1.29 is 13.5 Å². The van der Waals surface area contributed by atoms with Gasteiger partial charge in [0.2, 0.25) is 0 Å². The molecule has 0 atom stereocenters. The molecule has 0 spiro atoms. The van der Waals surface area contributed by atoms with Gasteiger partial charge in [0.1, 0.15) is 10.6 Å². The number of para-hydroxylation sites is 1. The minimum Gasteiger partial charge on any atom is -0.507 e. The van der Waals surface area contributed by atoms with Crippen LogP contribution < -0.4 is 0 Å². The van der Waals surface area contributed by atoms with Gasteiger partial charge in [-0.2, -0.15) is 0 Å². The molecule has 0 unspecified atom stereocenters. The zero-order chi connectivity index (χ0) is 17.0. The Bertz CT molecular complexity index is 768. The first-order valence-electron chi connectivity index (χ1n) is 8.35. The summed E-state index contributed by atoms with van der Waals surface area (Å²) in [5.41, 5.74) is 1.35. The van der Waals surface area contributed by atoms with E-state index in [9.17, 15) is 13.5 Å². The van der Waals surface area contributed by atoms with E-state index in [1.165, 1.54) is 17.7 Å². The number of aromatic hydroxyl groups is 1. The van der Waals surface area contributed by atoms with E-state index in [1.54, 1.807) is 12.1 Å². The van der Waals surface area contributed by atoms with Crippen molar-refractivity contribution in [2.24, 2.45) is 0 Å². The number of nitrogens with zero attached hydrogens (tertiary/aromatic N) is 1. The van der Waals surface area contributed by atoms with E-state index >= 15 is 0 Å². The minimum atomic E-state index is -3.43. The molecule has 3 rings (SSSR count). The monoisotopic (exact) mass is 345 g/mol. The molecule has 24 heavy (non-hydrogen) atoms. The summed E-state index contributed by atoms with van der Waals surface area (Å²) in [6.45, 7) is 2.05. The second-order valence-electron chi connectivity index (χ2n) is 6.34. The molecule has 0 bridgehead atoms. The highest BCUT2D eigenvalue weighted by molar-refractivity contribution is 7.92. The first-order chi connectivity index (χ1) is 11.6. The summed E-state index contributed by atoms with van der Waals surface area (Å²) in [4.78, 5) is 2.23. The third kappa shape index (κ3) is 3.79. The predicted molar refractivity (Wildman–Crippen MR) is 94.9 cm³/mol. The Hall–Kier alpha value is -1.85. The maximum absolute atomic E-state index is 12.5. The minimum absolute atomic E-state index is 0.0544. The average molecular weight is 345 g/mol. The molecule has 1 heterocycles. The highest BCUT2D eigenvalue weighted by Crippen LogP contribution is 2.29. The van der Waals surface area contributed by atoms with Crippen LogP contribution in [0.1, 0.15) is 18.4 Å². The number of phenols is 1. The van der Waals surface area contributed by atoms with Gasteiger partial charge in [-0.3, -0.25) is 0 Å². The quantitative estimate of drug-likeness (QED) is 0.784. The van der Waals surface area contributed by atoms with Crippen LogP contribution in [0.5, 0.6) is 5.75 Å². The fourth-order valence-electron chi connectivity index (χ4n) is 3.09. The van der Waals surface area contributed by atoms with Crippen molar-refractivity contribution in [3.63, 3.8) is 0 Å². The van der Waals surface area contributed by atoms with Crippen LogP contribution in [0.15, 0.2) is 59.5 Å². The summed E-state index contributed by atoms with van der Waals surface area (Å²) in [5.74, 6) is -0.154. The van der Waals surface area contributed by atoms with E-state index < -0.39 is 15.1 Å². The number of phenolic OH excluding ortho intramolecular Hbond substituents is 1. The van der Waals surface area contributed by atoms with Crippen LogP contribution in [0.3, 0.4) is 0 Å². The maximum atomic E-state index is 12.5. The molecule has 4 nitrogen and oxygen atoms in total. The second-order valence-corrected chi connectivity index (χ2v) is 8.53.